The molecule has 122 valence electrons. The fourth-order valence-corrected chi connectivity index (χ4v) is 5.19. The van der Waals surface area contributed by atoms with E-state index >= 15 is 0 Å². The fraction of sp³-hybridized carbons (Fsp3) is 0.562. The number of benzene rings is 1. The minimum Gasteiger partial charge on any atom is -0.369 e. The lowest BCUT2D eigenvalue weighted by molar-refractivity contribution is -0.122. The zero-order valence-electron chi connectivity index (χ0n) is 13.6. The standard InChI is InChI=1S/C16H24N2O3S/c1-10-8-11(2)13(4)15(12(10)3)22(20,21)18-7-5-6-14(9-18)16(17)19/h8,14H,5-7,9H2,1-4H3,(H2,17,19). The number of amides is 1. The van der Waals surface area contributed by atoms with E-state index in [2.05, 4.69) is 0 Å². The monoisotopic (exact) mass is 324 g/mol. The maximum absolute atomic E-state index is 13.1. The molecule has 0 saturated carbocycles. The van der Waals surface area contributed by atoms with Crippen LogP contribution >= 0.6 is 0 Å². The van der Waals surface area contributed by atoms with Crippen molar-refractivity contribution in [3.63, 3.8) is 0 Å². The van der Waals surface area contributed by atoms with Crippen molar-refractivity contribution in [1.82, 2.24) is 4.31 Å². The number of aryl methyl sites for hydroxylation is 2. The lowest BCUT2D eigenvalue weighted by atomic mass is 9.99. The molecule has 2 rings (SSSR count). The zero-order chi connectivity index (χ0) is 16.7. The van der Waals surface area contributed by atoms with Gasteiger partial charge in [0.1, 0.15) is 0 Å². The van der Waals surface area contributed by atoms with Crippen LogP contribution in [0.4, 0.5) is 0 Å². The molecule has 0 aromatic heterocycles. The third-order valence-corrected chi connectivity index (χ3v) is 6.82. The highest BCUT2D eigenvalue weighted by atomic mass is 32.2. The highest BCUT2D eigenvalue weighted by Gasteiger charge is 2.34. The minimum atomic E-state index is -3.61. The van der Waals surface area contributed by atoms with E-state index in [9.17, 15) is 13.2 Å². The Morgan fingerprint density at radius 2 is 1.73 bits per heavy atom. The molecule has 1 aliphatic heterocycles. The number of primary amides is 1. The highest BCUT2D eigenvalue weighted by Crippen LogP contribution is 2.31. The number of nitrogens with zero attached hydrogens (tertiary/aromatic N) is 1. The molecule has 5 nitrogen and oxygen atoms in total. The second kappa shape index (κ2) is 6.01. The molecule has 2 N–H and O–H groups in total. The van der Waals surface area contributed by atoms with Gasteiger partial charge in [-0.2, -0.15) is 4.31 Å². The molecule has 22 heavy (non-hydrogen) atoms. The predicted molar refractivity (Wildman–Crippen MR) is 86.1 cm³/mol. The summed E-state index contributed by atoms with van der Waals surface area (Å²) in [6.45, 7) is 8.14. The van der Waals surface area contributed by atoms with Gasteiger partial charge in [-0.25, -0.2) is 8.42 Å². The quantitative estimate of drug-likeness (QED) is 0.920. The summed E-state index contributed by atoms with van der Waals surface area (Å²) in [5.74, 6) is -0.816. The van der Waals surface area contributed by atoms with Crippen molar-refractivity contribution in [2.45, 2.75) is 45.4 Å². The summed E-state index contributed by atoms with van der Waals surface area (Å²) in [5, 5.41) is 0. The topological polar surface area (TPSA) is 80.5 Å². The predicted octanol–water partition coefficient (Wildman–Crippen LogP) is 1.81. The first-order valence-corrected chi connectivity index (χ1v) is 8.97. The van der Waals surface area contributed by atoms with E-state index in [4.69, 9.17) is 5.73 Å². The van der Waals surface area contributed by atoms with Crippen LogP contribution in [0.1, 0.15) is 35.1 Å². The Hall–Kier alpha value is -1.40. The lowest BCUT2D eigenvalue weighted by Crippen LogP contribution is -2.44. The van der Waals surface area contributed by atoms with Crippen LogP contribution in [0, 0.1) is 33.6 Å². The molecule has 0 spiro atoms. The van der Waals surface area contributed by atoms with Crippen molar-refractivity contribution in [2.24, 2.45) is 11.7 Å². The number of hydrogen-bond acceptors (Lipinski definition) is 3. The molecule has 0 radical (unpaired) electrons. The van der Waals surface area contributed by atoms with Crippen molar-refractivity contribution in [3.05, 3.63) is 28.3 Å². The van der Waals surface area contributed by atoms with Crippen LogP contribution in [0.3, 0.4) is 0 Å². The van der Waals surface area contributed by atoms with E-state index in [0.29, 0.717) is 24.3 Å². The summed E-state index contributed by atoms with van der Waals surface area (Å²) < 4.78 is 27.6. The van der Waals surface area contributed by atoms with Crippen LogP contribution in [0.2, 0.25) is 0 Å². The number of rotatable bonds is 3. The van der Waals surface area contributed by atoms with Gasteiger partial charge in [-0.1, -0.05) is 6.07 Å². The van der Waals surface area contributed by atoms with Crippen molar-refractivity contribution in [2.75, 3.05) is 13.1 Å². The summed E-state index contributed by atoms with van der Waals surface area (Å²) in [6, 6.07) is 2.01. The second-order valence-corrected chi connectivity index (χ2v) is 8.07. The van der Waals surface area contributed by atoms with Crippen molar-refractivity contribution < 1.29 is 13.2 Å². The first-order valence-electron chi connectivity index (χ1n) is 7.53. The number of carbonyl (C=O) groups is 1. The summed E-state index contributed by atoms with van der Waals surface area (Å²) in [4.78, 5) is 11.8. The summed E-state index contributed by atoms with van der Waals surface area (Å²) in [7, 11) is -3.61. The van der Waals surface area contributed by atoms with Crippen LogP contribution in [0.25, 0.3) is 0 Å². The van der Waals surface area contributed by atoms with E-state index in [-0.39, 0.29) is 6.54 Å². The van der Waals surface area contributed by atoms with E-state index in [0.717, 1.165) is 22.3 Å². The van der Waals surface area contributed by atoms with E-state index in [1.807, 2.05) is 33.8 Å². The van der Waals surface area contributed by atoms with Gasteiger partial charge in [0, 0.05) is 13.1 Å². The van der Waals surface area contributed by atoms with E-state index in [1.165, 1.54) is 4.31 Å². The molecule has 1 atom stereocenters. The highest BCUT2D eigenvalue weighted by molar-refractivity contribution is 7.89. The van der Waals surface area contributed by atoms with Crippen LogP contribution < -0.4 is 5.73 Å². The molecule has 1 fully saturated rings. The molecule has 1 aromatic rings. The molecule has 1 aliphatic rings. The van der Waals surface area contributed by atoms with E-state index < -0.39 is 21.8 Å². The van der Waals surface area contributed by atoms with Crippen LogP contribution in [-0.4, -0.2) is 31.7 Å². The molecule has 0 aliphatic carbocycles. The number of carbonyl (C=O) groups excluding carboxylic acids is 1. The number of nitrogens with two attached hydrogens (primary N) is 1. The molecule has 1 saturated heterocycles. The molecule has 6 heteroatoms. The van der Waals surface area contributed by atoms with Gasteiger partial charge >= 0.3 is 0 Å². The Kier molecular flexibility index (Phi) is 4.63. The Balaban J connectivity index is 2.50. The minimum absolute atomic E-state index is 0.184. The number of sulfonamides is 1. The van der Waals surface area contributed by atoms with Gasteiger partial charge in [0.25, 0.3) is 0 Å². The summed E-state index contributed by atoms with van der Waals surface area (Å²) in [5.41, 5.74) is 8.85. The van der Waals surface area contributed by atoms with Gasteiger partial charge in [-0.15, -0.1) is 0 Å². The van der Waals surface area contributed by atoms with Gasteiger partial charge in [0.15, 0.2) is 0 Å². The molecule has 1 amide bonds. The Bertz CT molecular complexity index is 684. The smallest absolute Gasteiger partial charge is 0.243 e. The number of piperidine rings is 1. The Morgan fingerprint density at radius 1 is 1.18 bits per heavy atom. The molecule has 1 unspecified atom stereocenters. The average molecular weight is 324 g/mol. The Labute approximate surface area is 132 Å². The van der Waals surface area contributed by atoms with Crippen LogP contribution in [-0.2, 0) is 14.8 Å². The Morgan fingerprint density at radius 3 is 2.23 bits per heavy atom. The van der Waals surface area contributed by atoms with Gasteiger partial charge in [0.2, 0.25) is 15.9 Å². The van der Waals surface area contributed by atoms with Crippen LogP contribution in [0.15, 0.2) is 11.0 Å². The van der Waals surface area contributed by atoms with Crippen LogP contribution in [0.5, 0.6) is 0 Å². The maximum Gasteiger partial charge on any atom is 0.243 e. The summed E-state index contributed by atoms with van der Waals surface area (Å²) >= 11 is 0. The molecular weight excluding hydrogens is 300 g/mol. The maximum atomic E-state index is 13.1. The van der Waals surface area contributed by atoms with Gasteiger partial charge in [-0.05, 0) is 62.8 Å². The average Bonchev–Trinajstić information content (AvgIpc) is 2.45. The number of hydrogen-bond donors (Lipinski definition) is 1. The molecule has 1 aromatic carbocycles. The normalized spacial score (nSPS) is 20.1. The molecule has 1 heterocycles. The molecular formula is C16H24N2O3S. The summed E-state index contributed by atoms with van der Waals surface area (Å²) in [6.07, 6.45) is 1.32. The van der Waals surface area contributed by atoms with E-state index in [1.54, 1.807) is 0 Å². The fourth-order valence-electron chi connectivity index (χ4n) is 3.09. The van der Waals surface area contributed by atoms with Gasteiger partial charge in [-0.3, -0.25) is 4.79 Å². The SMILES string of the molecule is Cc1cc(C)c(C)c(S(=O)(=O)N2CCCC(C(N)=O)C2)c1C. The van der Waals surface area contributed by atoms with Gasteiger partial charge < -0.3 is 5.73 Å². The van der Waals surface area contributed by atoms with Crippen molar-refractivity contribution in [1.29, 1.82) is 0 Å². The largest absolute Gasteiger partial charge is 0.369 e. The van der Waals surface area contributed by atoms with Crippen molar-refractivity contribution >= 4 is 15.9 Å². The first-order chi connectivity index (χ1) is 10.2. The molecule has 0 bridgehead atoms. The first kappa shape index (κ1) is 17.0. The lowest BCUT2D eigenvalue weighted by Gasteiger charge is -2.31. The third kappa shape index (κ3) is 2.90. The van der Waals surface area contributed by atoms with Crippen molar-refractivity contribution in [3.8, 4) is 0 Å². The third-order valence-electron chi connectivity index (χ3n) is 4.68. The second-order valence-electron chi connectivity index (χ2n) is 6.19. The zero-order valence-corrected chi connectivity index (χ0v) is 14.5. The van der Waals surface area contributed by atoms with Gasteiger partial charge in [0.05, 0.1) is 10.8 Å².